The van der Waals surface area contributed by atoms with E-state index in [1.165, 1.54) is 0 Å². The third kappa shape index (κ3) is 3.62. The van der Waals surface area contributed by atoms with E-state index in [0.29, 0.717) is 29.0 Å². The zero-order chi connectivity index (χ0) is 16.1. The van der Waals surface area contributed by atoms with E-state index >= 15 is 0 Å². The van der Waals surface area contributed by atoms with Crippen LogP contribution < -0.4 is 24.8 Å². The van der Waals surface area contributed by atoms with Gasteiger partial charge in [0.05, 0.1) is 27.0 Å². The van der Waals surface area contributed by atoms with Gasteiger partial charge in [-0.05, 0) is 26.3 Å². The molecule has 0 aliphatic carbocycles. The average Bonchev–Trinajstić information content (AvgIpc) is 2.54. The molecule has 2 atom stereocenters. The second-order valence-corrected chi connectivity index (χ2v) is 5.47. The number of benzene rings is 1. The van der Waals surface area contributed by atoms with Crippen molar-refractivity contribution in [2.45, 2.75) is 25.8 Å². The number of amides is 1. The number of piperidine rings is 1. The summed E-state index contributed by atoms with van der Waals surface area (Å²) < 4.78 is 15.9. The van der Waals surface area contributed by atoms with E-state index in [1.807, 2.05) is 0 Å². The van der Waals surface area contributed by atoms with Crippen molar-refractivity contribution in [1.29, 1.82) is 0 Å². The maximum atomic E-state index is 12.5. The minimum atomic E-state index is 0.00838. The lowest BCUT2D eigenvalue weighted by Gasteiger charge is -2.27. The molecule has 1 amide bonds. The van der Waals surface area contributed by atoms with Crippen LogP contribution in [0.5, 0.6) is 17.2 Å². The van der Waals surface area contributed by atoms with Gasteiger partial charge >= 0.3 is 0 Å². The number of carbonyl (C=O) groups excluding carboxylic acids is 1. The molecule has 0 spiro atoms. The van der Waals surface area contributed by atoms with Gasteiger partial charge in [0.25, 0.3) is 0 Å². The first-order valence-electron chi connectivity index (χ1n) is 7.43. The third-order valence-electron chi connectivity index (χ3n) is 3.96. The van der Waals surface area contributed by atoms with Crippen molar-refractivity contribution in [3.8, 4) is 17.2 Å². The fourth-order valence-corrected chi connectivity index (χ4v) is 2.73. The maximum Gasteiger partial charge on any atom is 0.227 e. The average molecular weight is 308 g/mol. The van der Waals surface area contributed by atoms with Crippen LogP contribution in [0.1, 0.15) is 19.8 Å². The highest BCUT2D eigenvalue weighted by Gasteiger charge is 2.25. The molecule has 1 aromatic rings. The molecular weight excluding hydrogens is 284 g/mol. The van der Waals surface area contributed by atoms with Crippen molar-refractivity contribution < 1.29 is 19.0 Å². The van der Waals surface area contributed by atoms with Gasteiger partial charge in [0, 0.05) is 24.1 Å². The smallest absolute Gasteiger partial charge is 0.227 e. The Morgan fingerprint density at radius 3 is 2.36 bits per heavy atom. The first-order valence-corrected chi connectivity index (χ1v) is 7.43. The molecule has 0 unspecified atom stereocenters. The van der Waals surface area contributed by atoms with Gasteiger partial charge in [-0.1, -0.05) is 0 Å². The van der Waals surface area contributed by atoms with Crippen LogP contribution in [0, 0.1) is 5.92 Å². The Kier molecular flexibility index (Phi) is 5.49. The van der Waals surface area contributed by atoms with Crippen LogP contribution in [0.25, 0.3) is 0 Å². The lowest BCUT2D eigenvalue weighted by atomic mass is 9.92. The number of ether oxygens (including phenoxy) is 3. The largest absolute Gasteiger partial charge is 0.494 e. The zero-order valence-corrected chi connectivity index (χ0v) is 13.6. The summed E-state index contributed by atoms with van der Waals surface area (Å²) in [7, 11) is 4.68. The highest BCUT2D eigenvalue weighted by Crippen LogP contribution is 2.38. The molecule has 0 aromatic heterocycles. The molecule has 0 radical (unpaired) electrons. The molecule has 2 N–H and O–H groups in total. The van der Waals surface area contributed by atoms with Crippen LogP contribution in [0.2, 0.25) is 0 Å². The van der Waals surface area contributed by atoms with Crippen LogP contribution in [-0.2, 0) is 4.79 Å². The second kappa shape index (κ2) is 7.35. The lowest BCUT2D eigenvalue weighted by molar-refractivity contribution is -0.120. The Morgan fingerprint density at radius 2 is 1.77 bits per heavy atom. The molecule has 2 rings (SSSR count). The number of anilines is 1. The van der Waals surface area contributed by atoms with E-state index < -0.39 is 0 Å². The van der Waals surface area contributed by atoms with Crippen molar-refractivity contribution in [2.24, 2.45) is 5.92 Å². The highest BCUT2D eigenvalue weighted by atomic mass is 16.5. The predicted molar refractivity (Wildman–Crippen MR) is 84.9 cm³/mol. The second-order valence-electron chi connectivity index (χ2n) is 5.47. The minimum Gasteiger partial charge on any atom is -0.494 e. The quantitative estimate of drug-likeness (QED) is 0.871. The first kappa shape index (κ1) is 16.4. The number of hydrogen-bond acceptors (Lipinski definition) is 5. The molecule has 22 heavy (non-hydrogen) atoms. The van der Waals surface area contributed by atoms with Crippen LogP contribution in [0.3, 0.4) is 0 Å². The van der Waals surface area contributed by atoms with Gasteiger partial charge in [0.15, 0.2) is 11.5 Å². The van der Waals surface area contributed by atoms with E-state index in [-0.39, 0.29) is 11.8 Å². The standard InChI is InChI=1S/C16H24N2O4/c1-10-7-11(5-6-17-10)16(19)18-12-8-14(21-3)15(22-4)9-13(12)20-2/h8-11,17H,5-7H2,1-4H3,(H,18,19)/t10-,11-/m0/s1. The summed E-state index contributed by atoms with van der Waals surface area (Å²) in [5.41, 5.74) is 0.594. The van der Waals surface area contributed by atoms with Crippen molar-refractivity contribution >= 4 is 11.6 Å². The Balaban J connectivity index is 2.18. The van der Waals surface area contributed by atoms with Crippen LogP contribution in [0.15, 0.2) is 12.1 Å². The van der Waals surface area contributed by atoms with Gasteiger partial charge in [-0.25, -0.2) is 0 Å². The van der Waals surface area contributed by atoms with Gasteiger partial charge in [-0.2, -0.15) is 0 Å². The predicted octanol–water partition coefficient (Wildman–Crippen LogP) is 2.04. The monoisotopic (exact) mass is 308 g/mol. The van der Waals surface area contributed by atoms with Crippen molar-refractivity contribution in [1.82, 2.24) is 5.32 Å². The molecule has 1 fully saturated rings. The molecule has 6 nitrogen and oxygen atoms in total. The molecular formula is C16H24N2O4. The lowest BCUT2D eigenvalue weighted by Crippen LogP contribution is -2.40. The molecule has 122 valence electrons. The Hall–Kier alpha value is -1.95. The fourth-order valence-electron chi connectivity index (χ4n) is 2.73. The van der Waals surface area contributed by atoms with Crippen molar-refractivity contribution in [2.75, 3.05) is 33.2 Å². The SMILES string of the molecule is COc1cc(OC)c(OC)cc1NC(=O)[C@H]1CCN[C@@H](C)C1. The molecule has 0 bridgehead atoms. The van der Waals surface area contributed by atoms with Crippen LogP contribution in [0.4, 0.5) is 5.69 Å². The topological polar surface area (TPSA) is 68.8 Å². The molecule has 1 heterocycles. The summed E-state index contributed by atoms with van der Waals surface area (Å²) in [6, 6.07) is 3.79. The van der Waals surface area contributed by atoms with Gasteiger partial charge < -0.3 is 24.8 Å². The summed E-state index contributed by atoms with van der Waals surface area (Å²) in [5.74, 6) is 1.69. The highest BCUT2D eigenvalue weighted by molar-refractivity contribution is 5.94. The summed E-state index contributed by atoms with van der Waals surface area (Å²) >= 11 is 0. The Labute approximate surface area is 131 Å². The molecule has 1 aliphatic rings. The van der Waals surface area contributed by atoms with E-state index in [1.54, 1.807) is 33.5 Å². The van der Waals surface area contributed by atoms with Gasteiger partial charge in [0.2, 0.25) is 5.91 Å². The van der Waals surface area contributed by atoms with E-state index in [9.17, 15) is 4.79 Å². The van der Waals surface area contributed by atoms with Gasteiger partial charge in [-0.3, -0.25) is 4.79 Å². The molecule has 6 heteroatoms. The number of hydrogen-bond donors (Lipinski definition) is 2. The summed E-state index contributed by atoms with van der Waals surface area (Å²) in [4.78, 5) is 12.5. The molecule has 1 saturated heterocycles. The van der Waals surface area contributed by atoms with Gasteiger partial charge in [0.1, 0.15) is 5.75 Å². The molecule has 1 aliphatic heterocycles. The van der Waals surface area contributed by atoms with Crippen molar-refractivity contribution in [3.05, 3.63) is 12.1 Å². The Morgan fingerprint density at radius 1 is 1.14 bits per heavy atom. The number of rotatable bonds is 5. The van der Waals surface area contributed by atoms with E-state index in [4.69, 9.17) is 14.2 Å². The number of nitrogens with one attached hydrogen (secondary N) is 2. The first-order chi connectivity index (χ1) is 10.6. The Bertz CT molecular complexity index is 533. The third-order valence-corrected chi connectivity index (χ3v) is 3.96. The molecule has 0 saturated carbocycles. The fraction of sp³-hybridized carbons (Fsp3) is 0.562. The summed E-state index contributed by atoms with van der Waals surface area (Å²) in [6.45, 7) is 2.96. The van der Waals surface area contributed by atoms with Crippen LogP contribution >= 0.6 is 0 Å². The van der Waals surface area contributed by atoms with Gasteiger partial charge in [-0.15, -0.1) is 0 Å². The van der Waals surface area contributed by atoms with E-state index in [2.05, 4.69) is 17.6 Å². The van der Waals surface area contributed by atoms with Crippen molar-refractivity contribution in [3.63, 3.8) is 0 Å². The summed E-state index contributed by atoms with van der Waals surface area (Å²) in [6.07, 6.45) is 1.67. The number of carbonyl (C=O) groups is 1. The minimum absolute atomic E-state index is 0.00838. The number of methoxy groups -OCH3 is 3. The molecule has 1 aromatic carbocycles. The van der Waals surface area contributed by atoms with Crippen LogP contribution in [-0.4, -0.2) is 39.8 Å². The maximum absolute atomic E-state index is 12.5. The van der Waals surface area contributed by atoms with E-state index in [0.717, 1.165) is 19.4 Å². The summed E-state index contributed by atoms with van der Waals surface area (Å²) in [5, 5.41) is 6.30. The normalized spacial score (nSPS) is 21.1. The zero-order valence-electron chi connectivity index (χ0n) is 13.6.